The molecule has 170 valence electrons. The average molecular weight is 438 g/mol. The highest BCUT2D eigenvalue weighted by molar-refractivity contribution is 5.98. The molecule has 1 unspecified atom stereocenters. The second-order valence-corrected chi connectivity index (χ2v) is 8.97. The first-order valence-electron chi connectivity index (χ1n) is 11.4. The molecule has 0 radical (unpaired) electrons. The van der Waals surface area contributed by atoms with Crippen LogP contribution in [0.5, 0.6) is 0 Å². The van der Waals surface area contributed by atoms with Crippen molar-refractivity contribution in [1.82, 2.24) is 15.2 Å². The highest BCUT2D eigenvalue weighted by Gasteiger charge is 2.22. The van der Waals surface area contributed by atoms with Crippen LogP contribution in [-0.4, -0.2) is 48.1 Å². The predicted octanol–water partition coefficient (Wildman–Crippen LogP) is 4.92. The summed E-state index contributed by atoms with van der Waals surface area (Å²) in [5.74, 6) is 0.0587. The number of amides is 1. The fourth-order valence-electron chi connectivity index (χ4n) is 4.34. The van der Waals surface area contributed by atoms with Gasteiger partial charge in [0.05, 0.1) is 12.6 Å². The Balaban J connectivity index is 1.38. The number of piperidine rings is 1. The number of halogens is 1. The van der Waals surface area contributed by atoms with E-state index in [1.54, 1.807) is 12.1 Å². The summed E-state index contributed by atoms with van der Waals surface area (Å²) < 4.78 is 19.5. The van der Waals surface area contributed by atoms with E-state index < -0.39 is 0 Å². The lowest BCUT2D eigenvalue weighted by atomic mass is 9.97. The number of aromatic amines is 1. The van der Waals surface area contributed by atoms with Crippen LogP contribution in [0.25, 0.3) is 10.9 Å². The number of fused-ring (bicyclic) bond motifs is 1. The highest BCUT2D eigenvalue weighted by Crippen LogP contribution is 2.21. The number of carbonyl (C=O) groups excluding carboxylic acids is 1. The van der Waals surface area contributed by atoms with Gasteiger partial charge in [0.1, 0.15) is 5.82 Å². The van der Waals surface area contributed by atoms with Gasteiger partial charge in [-0.1, -0.05) is 18.2 Å². The summed E-state index contributed by atoms with van der Waals surface area (Å²) in [6.07, 6.45) is 4.11. The third-order valence-corrected chi connectivity index (χ3v) is 6.41. The zero-order valence-electron chi connectivity index (χ0n) is 18.8. The monoisotopic (exact) mass is 437 g/mol. The van der Waals surface area contributed by atoms with Gasteiger partial charge in [0, 0.05) is 29.9 Å². The molecule has 1 aliphatic rings. The lowest BCUT2D eigenvalue weighted by molar-refractivity contribution is 0.0473. The molecular formula is C26H32FN3O2. The summed E-state index contributed by atoms with van der Waals surface area (Å²) in [4.78, 5) is 18.6. The Morgan fingerprint density at radius 3 is 2.62 bits per heavy atom. The fourth-order valence-corrected chi connectivity index (χ4v) is 4.34. The van der Waals surface area contributed by atoms with Crippen molar-refractivity contribution in [2.75, 3.05) is 26.3 Å². The van der Waals surface area contributed by atoms with E-state index in [2.05, 4.69) is 29.0 Å². The quantitative estimate of drug-likeness (QED) is 0.526. The zero-order chi connectivity index (χ0) is 22.5. The molecule has 0 saturated carbocycles. The van der Waals surface area contributed by atoms with Crippen molar-refractivity contribution in [2.24, 2.45) is 5.92 Å². The molecular weight excluding hydrogens is 405 g/mol. The van der Waals surface area contributed by atoms with Crippen molar-refractivity contribution in [3.8, 4) is 0 Å². The first-order chi connectivity index (χ1) is 15.5. The van der Waals surface area contributed by atoms with Gasteiger partial charge in [0.15, 0.2) is 0 Å². The maximum absolute atomic E-state index is 13.5. The largest absolute Gasteiger partial charge is 0.379 e. The SMILES string of the molecule is CC(C)N1CCC(COCC(NC(=O)c2ccc3cc[nH]c3c2)c2ccc(F)cc2)CC1. The molecule has 0 spiro atoms. The Morgan fingerprint density at radius 1 is 1.16 bits per heavy atom. The Kier molecular flexibility index (Phi) is 7.22. The third-order valence-electron chi connectivity index (χ3n) is 6.41. The summed E-state index contributed by atoms with van der Waals surface area (Å²) in [6.45, 7) is 7.71. The third kappa shape index (κ3) is 5.56. The van der Waals surface area contributed by atoms with E-state index in [9.17, 15) is 9.18 Å². The van der Waals surface area contributed by atoms with Crippen LogP contribution in [0.2, 0.25) is 0 Å². The number of H-pyrrole nitrogens is 1. The van der Waals surface area contributed by atoms with Gasteiger partial charge in [-0.3, -0.25) is 4.79 Å². The van der Waals surface area contributed by atoms with E-state index in [1.165, 1.54) is 12.1 Å². The lowest BCUT2D eigenvalue weighted by Gasteiger charge is -2.34. The molecule has 2 aromatic carbocycles. The molecule has 6 heteroatoms. The number of carbonyl (C=O) groups is 1. The number of hydrogen-bond acceptors (Lipinski definition) is 3. The smallest absolute Gasteiger partial charge is 0.251 e. The molecule has 4 rings (SSSR count). The Labute approximate surface area is 189 Å². The minimum atomic E-state index is -0.349. The highest BCUT2D eigenvalue weighted by atomic mass is 19.1. The Bertz CT molecular complexity index is 1020. The van der Waals surface area contributed by atoms with E-state index in [-0.39, 0.29) is 17.8 Å². The second kappa shape index (κ2) is 10.3. The number of benzene rings is 2. The van der Waals surface area contributed by atoms with E-state index in [4.69, 9.17) is 4.74 Å². The van der Waals surface area contributed by atoms with Crippen LogP contribution in [0.3, 0.4) is 0 Å². The number of rotatable bonds is 8. The summed E-state index contributed by atoms with van der Waals surface area (Å²) in [7, 11) is 0. The van der Waals surface area contributed by atoms with Crippen LogP contribution in [0.4, 0.5) is 4.39 Å². The number of ether oxygens (including phenoxy) is 1. The summed E-state index contributed by atoms with van der Waals surface area (Å²) in [6, 6.07) is 14.0. The Hall–Kier alpha value is -2.70. The number of likely N-dealkylation sites (tertiary alicyclic amines) is 1. The van der Waals surface area contributed by atoms with Gasteiger partial charge < -0.3 is 19.9 Å². The minimum absolute atomic E-state index is 0.176. The van der Waals surface area contributed by atoms with Crippen molar-refractivity contribution >= 4 is 16.8 Å². The van der Waals surface area contributed by atoms with E-state index in [0.717, 1.165) is 42.4 Å². The maximum atomic E-state index is 13.5. The number of hydrogen-bond donors (Lipinski definition) is 2. The van der Waals surface area contributed by atoms with Gasteiger partial charge in [-0.15, -0.1) is 0 Å². The Morgan fingerprint density at radius 2 is 1.91 bits per heavy atom. The molecule has 3 aromatic rings. The van der Waals surface area contributed by atoms with Gasteiger partial charge in [-0.2, -0.15) is 0 Å². The van der Waals surface area contributed by atoms with E-state index >= 15 is 0 Å². The number of aromatic nitrogens is 1. The van der Waals surface area contributed by atoms with Gasteiger partial charge in [0.2, 0.25) is 0 Å². The van der Waals surface area contributed by atoms with Gasteiger partial charge in [-0.05, 0) is 87.0 Å². The van der Waals surface area contributed by atoms with Crippen molar-refractivity contribution < 1.29 is 13.9 Å². The maximum Gasteiger partial charge on any atom is 0.251 e. The molecule has 32 heavy (non-hydrogen) atoms. The average Bonchev–Trinajstić information content (AvgIpc) is 3.27. The molecule has 1 amide bonds. The van der Waals surface area contributed by atoms with Gasteiger partial charge in [-0.25, -0.2) is 4.39 Å². The standard InChI is InChI=1S/C26H32FN3O2/c1-18(2)30-13-10-19(11-14-30)16-32-17-25(20-5-7-23(27)8-6-20)29-26(31)22-4-3-21-9-12-28-24(21)15-22/h3-9,12,15,18-19,25,28H,10-11,13-14,16-17H2,1-2H3,(H,29,31). The normalized spacial score (nSPS) is 16.5. The number of nitrogens with one attached hydrogen (secondary N) is 2. The molecule has 2 heterocycles. The van der Waals surface area contributed by atoms with Crippen molar-refractivity contribution in [2.45, 2.75) is 38.8 Å². The van der Waals surface area contributed by atoms with Gasteiger partial charge >= 0.3 is 0 Å². The molecule has 0 bridgehead atoms. The molecule has 1 fully saturated rings. The predicted molar refractivity (Wildman–Crippen MR) is 125 cm³/mol. The molecule has 1 aliphatic heterocycles. The van der Waals surface area contributed by atoms with E-state index in [1.807, 2.05) is 30.5 Å². The summed E-state index contributed by atoms with van der Waals surface area (Å²) in [5.41, 5.74) is 2.32. The molecule has 0 aliphatic carbocycles. The van der Waals surface area contributed by atoms with E-state index in [0.29, 0.717) is 30.7 Å². The zero-order valence-corrected chi connectivity index (χ0v) is 18.8. The number of nitrogens with zero attached hydrogens (tertiary/aromatic N) is 1. The van der Waals surface area contributed by atoms with Crippen LogP contribution >= 0.6 is 0 Å². The summed E-state index contributed by atoms with van der Waals surface area (Å²) >= 11 is 0. The van der Waals surface area contributed by atoms with Crippen molar-refractivity contribution in [3.05, 3.63) is 71.7 Å². The van der Waals surface area contributed by atoms with Crippen LogP contribution in [-0.2, 0) is 4.74 Å². The first kappa shape index (κ1) is 22.5. The minimum Gasteiger partial charge on any atom is -0.379 e. The fraction of sp³-hybridized carbons (Fsp3) is 0.423. The molecule has 1 atom stereocenters. The first-order valence-corrected chi connectivity index (χ1v) is 11.4. The molecule has 1 aromatic heterocycles. The van der Waals surface area contributed by atoms with Crippen LogP contribution < -0.4 is 5.32 Å². The van der Waals surface area contributed by atoms with Crippen molar-refractivity contribution in [1.29, 1.82) is 0 Å². The topological polar surface area (TPSA) is 57.4 Å². The lowest BCUT2D eigenvalue weighted by Crippen LogP contribution is -2.39. The summed E-state index contributed by atoms with van der Waals surface area (Å²) in [5, 5.41) is 4.14. The van der Waals surface area contributed by atoms with Crippen molar-refractivity contribution in [3.63, 3.8) is 0 Å². The molecule has 5 nitrogen and oxygen atoms in total. The van der Waals surface area contributed by atoms with Crippen LogP contribution in [0, 0.1) is 11.7 Å². The van der Waals surface area contributed by atoms with Crippen LogP contribution in [0.1, 0.15) is 48.7 Å². The van der Waals surface area contributed by atoms with Gasteiger partial charge in [0.25, 0.3) is 5.91 Å². The molecule has 2 N–H and O–H groups in total. The molecule has 1 saturated heterocycles. The second-order valence-electron chi connectivity index (χ2n) is 8.97. The van der Waals surface area contributed by atoms with Crippen LogP contribution in [0.15, 0.2) is 54.7 Å².